The highest BCUT2D eigenvalue weighted by molar-refractivity contribution is 5.87. The van der Waals surface area contributed by atoms with Gasteiger partial charge in [-0.15, -0.1) is 0 Å². The second-order valence-corrected chi connectivity index (χ2v) is 23.8. The van der Waals surface area contributed by atoms with Crippen LogP contribution < -0.4 is 32.7 Å². The lowest BCUT2D eigenvalue weighted by molar-refractivity contribution is -0.312. The first-order chi connectivity index (χ1) is 40.8. The Labute approximate surface area is 505 Å². The van der Waals surface area contributed by atoms with Crippen molar-refractivity contribution in [3.8, 4) is 0 Å². The number of nitrogens with two attached hydrogens (primary N) is 2. The van der Waals surface area contributed by atoms with E-state index in [4.69, 9.17) is 63.9 Å². The number of carboxylic acids is 1. The van der Waals surface area contributed by atoms with Crippen LogP contribution in [0.15, 0.2) is 89.6 Å². The van der Waals surface area contributed by atoms with Crippen molar-refractivity contribution < 1.29 is 72.3 Å². The Kier molecular flexibility index (Phi) is 28.3. The minimum atomic E-state index is -1.83. The van der Waals surface area contributed by atoms with Gasteiger partial charge in [-0.2, -0.15) is 0 Å². The molecule has 6 heterocycles. The average Bonchev–Trinajstić information content (AvgIpc) is 4.12. The molecule has 0 aromatic heterocycles. The molecule has 1 aromatic carbocycles. The zero-order chi connectivity index (χ0) is 61.8. The molecule has 1 spiro atoms. The molecule has 480 valence electrons. The van der Waals surface area contributed by atoms with E-state index in [1.807, 2.05) is 39.1 Å². The van der Waals surface area contributed by atoms with Crippen molar-refractivity contribution in [2.45, 2.75) is 191 Å². The quantitative estimate of drug-likeness (QED) is 0.0487. The van der Waals surface area contributed by atoms with Crippen molar-refractivity contribution in [2.75, 3.05) is 80.2 Å². The van der Waals surface area contributed by atoms with Crippen molar-refractivity contribution in [1.82, 2.24) is 21.3 Å². The Morgan fingerprint density at radius 2 is 1.46 bits per heavy atom. The van der Waals surface area contributed by atoms with E-state index in [0.29, 0.717) is 61.9 Å². The molecule has 11 N–H and O–H groups in total. The summed E-state index contributed by atoms with van der Waals surface area (Å²) in [6.07, 6.45) is 10.7. The summed E-state index contributed by atoms with van der Waals surface area (Å²) in [5, 5.41) is 45.2. The summed E-state index contributed by atoms with van der Waals surface area (Å²) in [6, 6.07) is 8.34. The number of carbonyl (C=O) groups excluding carboxylic acids is 1. The third-order valence-electron chi connectivity index (χ3n) is 17.5. The van der Waals surface area contributed by atoms with Gasteiger partial charge < -0.3 is 95.4 Å². The van der Waals surface area contributed by atoms with Gasteiger partial charge in [0.15, 0.2) is 18.4 Å². The number of rotatable bonds is 20. The number of fused-ring (bicyclic) bond motifs is 2. The van der Waals surface area contributed by atoms with Gasteiger partial charge in [-0.1, -0.05) is 88.8 Å². The van der Waals surface area contributed by atoms with Crippen LogP contribution in [-0.4, -0.2) is 205 Å². The molecule has 4 saturated heterocycles. The van der Waals surface area contributed by atoms with E-state index in [2.05, 4.69) is 68.0 Å². The van der Waals surface area contributed by atoms with Crippen LogP contribution in [0.25, 0.3) is 0 Å². The first kappa shape index (κ1) is 70.3. The minimum Gasteiger partial charge on any atom is -0.478 e. The zero-order valence-electron chi connectivity index (χ0n) is 52.3. The number of carbonyl (C=O) groups is 2. The number of aromatic carboxylic acids is 1. The number of aliphatic hydroxyl groups excluding tert-OH is 1. The maximum atomic E-state index is 14.4. The standard InChI is InChI=1S/C49H75NO13.C8H23N5.C7H6O2/c1-12-26(2)44-29(5)18-19-48(63-44)24-35-21-34(62-48)17-16-28(4)43(27(3)14-13-15-33-25-56-46-42(51)30(6)20-36(47(52)59-35)49(33,46)53)60-40-23-38(55-11)45(32(8)58-40)61-39-22-37(54-10)41(50-9)31(7)57-39;9-1-3-11-5-7-13-8-6-12-4-2-10;8-7(9)6-4-2-1-3-5-6/h13-16,18-20,26-27,29,31-32,34-46,50-51,53H,12,17,21-25H2,1-11H3;11-13H,1-10H2;1-5H,(H,8,9)/b14-13+,28-16+,33-15+;;/t26-,27-,29-,31-,32-,34+,35-,36-,37-,38-,39-,40-,41+,42+,43-,44+,45-,46+,48+,49+;;/m0../s1. The number of benzene rings is 1. The van der Waals surface area contributed by atoms with Gasteiger partial charge in [0.1, 0.15) is 35.9 Å². The van der Waals surface area contributed by atoms with Crippen molar-refractivity contribution in [2.24, 2.45) is 35.1 Å². The molecular weight excluding hydrogens is 1090 g/mol. The number of aliphatic hydroxyl groups is 2. The lowest BCUT2D eigenvalue weighted by Gasteiger charge is -2.48. The van der Waals surface area contributed by atoms with Crippen LogP contribution in [0.5, 0.6) is 0 Å². The Morgan fingerprint density at radius 3 is 2.07 bits per heavy atom. The summed E-state index contributed by atoms with van der Waals surface area (Å²) in [5.74, 6) is -3.39. The fraction of sp³-hybridized carbons (Fsp3) is 0.719. The summed E-state index contributed by atoms with van der Waals surface area (Å²) in [5.41, 5.74) is 11.1. The van der Waals surface area contributed by atoms with Crippen LogP contribution in [-0.2, 0) is 52.2 Å². The Balaban J connectivity index is 0.000000440. The van der Waals surface area contributed by atoms with Gasteiger partial charge in [0.05, 0.1) is 60.9 Å². The predicted molar refractivity (Wildman–Crippen MR) is 324 cm³/mol. The molecule has 20 atom stereocenters. The number of ether oxygens (including phenoxy) is 10. The number of esters is 1. The third kappa shape index (κ3) is 18.9. The number of hydrogen-bond acceptors (Lipinski definition) is 20. The fourth-order valence-electron chi connectivity index (χ4n) is 12.5. The van der Waals surface area contributed by atoms with E-state index < -0.39 is 72.3 Å². The normalized spacial score (nSPS) is 38.6. The van der Waals surface area contributed by atoms with Crippen molar-refractivity contribution >= 4 is 11.9 Å². The molecule has 1 aliphatic carbocycles. The van der Waals surface area contributed by atoms with Crippen LogP contribution in [0.3, 0.4) is 0 Å². The van der Waals surface area contributed by atoms with Gasteiger partial charge in [0.25, 0.3) is 0 Å². The number of methoxy groups -OCH3 is 2. The molecule has 4 fully saturated rings. The summed E-state index contributed by atoms with van der Waals surface area (Å²) in [6.45, 7) is 23.6. The second-order valence-electron chi connectivity index (χ2n) is 23.8. The molecule has 0 saturated carbocycles. The van der Waals surface area contributed by atoms with Gasteiger partial charge >= 0.3 is 11.9 Å². The molecule has 6 aliphatic heterocycles. The monoisotopic (exact) mass is 1200 g/mol. The largest absolute Gasteiger partial charge is 0.478 e. The molecule has 1 aromatic rings. The maximum Gasteiger partial charge on any atom is 0.335 e. The fourth-order valence-corrected chi connectivity index (χ4v) is 12.5. The molecule has 21 nitrogen and oxygen atoms in total. The molecule has 0 radical (unpaired) electrons. The summed E-state index contributed by atoms with van der Waals surface area (Å²) in [7, 11) is 5.30. The molecule has 2 bridgehead atoms. The number of hydrogen-bond donors (Lipinski definition) is 9. The van der Waals surface area contributed by atoms with Crippen LogP contribution in [0.2, 0.25) is 0 Å². The Bertz CT molecular complexity index is 2350. The molecular formula is C64H104N6O15. The molecule has 7 aliphatic rings. The molecule has 85 heavy (non-hydrogen) atoms. The van der Waals surface area contributed by atoms with Crippen molar-refractivity contribution in [3.05, 3.63) is 95.1 Å². The Hall–Kier alpha value is -3.82. The number of carboxylic acid groups (broad SMARTS) is 1. The summed E-state index contributed by atoms with van der Waals surface area (Å²) >= 11 is 0. The molecule has 0 amide bonds. The SMILES string of the molecule is CC[C@H](C)[C@H]1O[C@]2(C=C[C@@H]1C)C[C@@H]1C[C@@H](C/C=C(\C)[C@@H](O[C@H]3C[C@H](OC)[C@@H](O[C@H]4C[C@H](OC)[C@H](NC)[C@H](C)O4)[C@H](C)O3)[C@@H](C)/C=C/C=C3\CO[C@@H]4[C@H](O)C(C)=C[C@@H](C(=O)O1)[C@]34O)O2.NCCNCCNCCNCCN.O=C(O)c1ccccc1. The van der Waals surface area contributed by atoms with Gasteiger partial charge in [-0.25, -0.2) is 4.79 Å². The average molecular weight is 1200 g/mol. The summed E-state index contributed by atoms with van der Waals surface area (Å²) in [4.78, 5) is 24.6. The van der Waals surface area contributed by atoms with Gasteiger partial charge in [-0.3, -0.25) is 4.79 Å². The Morgan fingerprint density at radius 1 is 0.824 bits per heavy atom. The summed E-state index contributed by atoms with van der Waals surface area (Å²) < 4.78 is 64.6. The van der Waals surface area contributed by atoms with Crippen LogP contribution >= 0.6 is 0 Å². The topological polar surface area (TPSA) is 287 Å². The lowest BCUT2D eigenvalue weighted by Crippen LogP contribution is -2.58. The van der Waals surface area contributed by atoms with E-state index >= 15 is 0 Å². The minimum absolute atomic E-state index is 0.0411. The first-order valence-corrected chi connectivity index (χ1v) is 30.9. The van der Waals surface area contributed by atoms with Crippen LogP contribution in [0.4, 0.5) is 0 Å². The first-order valence-electron chi connectivity index (χ1n) is 30.9. The molecule has 0 unspecified atom stereocenters. The highest BCUT2D eigenvalue weighted by Crippen LogP contribution is 2.47. The van der Waals surface area contributed by atoms with Crippen molar-refractivity contribution in [1.29, 1.82) is 0 Å². The number of likely N-dealkylation sites (N-methyl/N-ethyl adjacent to an activating group) is 1. The van der Waals surface area contributed by atoms with Gasteiger partial charge in [0.2, 0.25) is 0 Å². The van der Waals surface area contributed by atoms with E-state index in [1.54, 1.807) is 63.6 Å². The van der Waals surface area contributed by atoms with E-state index in [-0.39, 0.29) is 67.0 Å². The smallest absolute Gasteiger partial charge is 0.335 e. The van der Waals surface area contributed by atoms with E-state index in [0.717, 1.165) is 51.3 Å². The molecule has 21 heteroatoms. The number of allylic oxidation sites excluding steroid dienone is 2. The highest BCUT2D eigenvalue weighted by atomic mass is 16.7. The molecule has 8 rings (SSSR count). The van der Waals surface area contributed by atoms with Crippen molar-refractivity contribution in [3.63, 3.8) is 0 Å². The maximum absolute atomic E-state index is 14.4. The van der Waals surface area contributed by atoms with E-state index in [1.165, 1.54) is 0 Å². The van der Waals surface area contributed by atoms with Gasteiger partial charge in [-0.05, 0) is 82.0 Å². The van der Waals surface area contributed by atoms with Crippen LogP contribution in [0.1, 0.15) is 104 Å². The second kappa shape index (κ2) is 34.2. The zero-order valence-corrected chi connectivity index (χ0v) is 52.3. The van der Waals surface area contributed by atoms with Gasteiger partial charge in [0, 0.05) is 104 Å². The third-order valence-corrected chi connectivity index (χ3v) is 17.5. The van der Waals surface area contributed by atoms with Crippen LogP contribution in [0, 0.1) is 23.7 Å². The number of nitrogens with one attached hydrogen (secondary N) is 4. The van der Waals surface area contributed by atoms with E-state index in [9.17, 15) is 19.8 Å². The predicted octanol–water partition coefficient (Wildman–Crippen LogP) is 4.66. The highest BCUT2D eigenvalue weighted by Gasteiger charge is 2.60. The lowest BCUT2D eigenvalue weighted by atomic mass is 9.71.